The summed E-state index contributed by atoms with van der Waals surface area (Å²) in [5.41, 5.74) is -0.597. The fourth-order valence-corrected chi connectivity index (χ4v) is 2.55. The van der Waals surface area contributed by atoms with Crippen LogP contribution >= 0.6 is 11.6 Å². The fourth-order valence-electron chi connectivity index (χ4n) is 2.32. The molecule has 0 radical (unpaired) electrons. The van der Waals surface area contributed by atoms with Gasteiger partial charge in [0.15, 0.2) is 18.1 Å². The molecule has 2 aromatic carbocycles. The summed E-state index contributed by atoms with van der Waals surface area (Å²) < 4.78 is 53.6. The molecule has 2 rings (SSSR count). The van der Waals surface area contributed by atoms with Crippen molar-refractivity contribution in [3.8, 4) is 11.5 Å². The summed E-state index contributed by atoms with van der Waals surface area (Å²) >= 11 is 5.52. The zero-order valence-corrected chi connectivity index (χ0v) is 16.6. The third-order valence-corrected chi connectivity index (χ3v) is 4.05. The molecular formula is C20H17ClF3NO5. The molecule has 0 atom stereocenters. The summed E-state index contributed by atoms with van der Waals surface area (Å²) in [5.74, 6) is -0.635. The largest absolute Gasteiger partial charge is 0.493 e. The third kappa shape index (κ3) is 6.41. The smallest absolute Gasteiger partial charge is 0.417 e. The highest BCUT2D eigenvalue weighted by molar-refractivity contribution is 6.31. The lowest BCUT2D eigenvalue weighted by atomic mass is 10.2. The minimum absolute atomic E-state index is 0.131. The lowest BCUT2D eigenvalue weighted by Gasteiger charge is -2.11. The Labute approximate surface area is 175 Å². The van der Waals surface area contributed by atoms with Crippen LogP contribution in [0.3, 0.4) is 0 Å². The monoisotopic (exact) mass is 443 g/mol. The average molecular weight is 444 g/mol. The van der Waals surface area contributed by atoms with Crippen molar-refractivity contribution in [3.63, 3.8) is 0 Å². The Balaban J connectivity index is 1.92. The van der Waals surface area contributed by atoms with E-state index >= 15 is 0 Å². The van der Waals surface area contributed by atoms with Gasteiger partial charge in [0, 0.05) is 11.8 Å². The number of carbonyl (C=O) groups is 2. The summed E-state index contributed by atoms with van der Waals surface area (Å²) in [7, 11) is 2.96. The summed E-state index contributed by atoms with van der Waals surface area (Å²) in [5, 5.41) is 1.72. The molecular weight excluding hydrogens is 427 g/mol. The maximum absolute atomic E-state index is 12.8. The van der Waals surface area contributed by atoms with Gasteiger partial charge in [-0.3, -0.25) is 4.79 Å². The molecule has 1 N–H and O–H groups in total. The first-order valence-electron chi connectivity index (χ1n) is 8.37. The molecule has 0 heterocycles. The molecule has 0 aliphatic heterocycles. The normalized spacial score (nSPS) is 11.3. The van der Waals surface area contributed by atoms with Gasteiger partial charge in [0.05, 0.1) is 24.8 Å². The summed E-state index contributed by atoms with van der Waals surface area (Å²) in [6.07, 6.45) is -2.13. The molecule has 0 spiro atoms. The molecule has 0 unspecified atom stereocenters. The van der Waals surface area contributed by atoms with E-state index in [1.807, 2.05) is 0 Å². The highest BCUT2D eigenvalue weighted by Crippen LogP contribution is 2.36. The van der Waals surface area contributed by atoms with Gasteiger partial charge in [0.25, 0.3) is 5.91 Å². The van der Waals surface area contributed by atoms with Gasteiger partial charge < -0.3 is 19.5 Å². The molecule has 0 saturated carbocycles. The Hall–Kier alpha value is -3.20. The quantitative estimate of drug-likeness (QED) is 0.501. The molecule has 2 aromatic rings. The van der Waals surface area contributed by atoms with E-state index < -0.39 is 35.2 Å². The van der Waals surface area contributed by atoms with E-state index in [0.29, 0.717) is 23.1 Å². The number of hydrogen-bond acceptors (Lipinski definition) is 5. The second-order valence-corrected chi connectivity index (χ2v) is 6.20. The van der Waals surface area contributed by atoms with E-state index in [1.54, 1.807) is 18.2 Å². The van der Waals surface area contributed by atoms with Gasteiger partial charge in [-0.25, -0.2) is 4.79 Å². The summed E-state index contributed by atoms with van der Waals surface area (Å²) in [4.78, 5) is 23.6. The molecule has 0 bridgehead atoms. The van der Waals surface area contributed by atoms with Gasteiger partial charge in [-0.05, 0) is 42.0 Å². The zero-order chi connectivity index (χ0) is 22.3. The van der Waals surface area contributed by atoms with E-state index in [1.165, 1.54) is 26.4 Å². The number of methoxy groups -OCH3 is 2. The van der Waals surface area contributed by atoms with Crippen molar-refractivity contribution in [2.75, 3.05) is 26.1 Å². The topological polar surface area (TPSA) is 73.9 Å². The number of carbonyl (C=O) groups excluding carboxylic acids is 2. The Kier molecular flexibility index (Phi) is 7.71. The highest BCUT2D eigenvalue weighted by atomic mass is 35.5. The Morgan fingerprint density at radius 2 is 1.77 bits per heavy atom. The number of ether oxygens (including phenoxy) is 3. The molecule has 6 nitrogen and oxygen atoms in total. The molecule has 30 heavy (non-hydrogen) atoms. The lowest BCUT2D eigenvalue weighted by molar-refractivity contribution is -0.142. The third-order valence-electron chi connectivity index (χ3n) is 3.72. The van der Waals surface area contributed by atoms with Crippen LogP contribution in [0.15, 0.2) is 42.5 Å². The van der Waals surface area contributed by atoms with Crippen molar-refractivity contribution in [1.82, 2.24) is 0 Å². The molecule has 10 heteroatoms. The maximum atomic E-state index is 12.8. The van der Waals surface area contributed by atoms with Gasteiger partial charge in [-0.15, -0.1) is 0 Å². The van der Waals surface area contributed by atoms with Gasteiger partial charge in [0.1, 0.15) is 0 Å². The SMILES string of the molecule is COc1ccc(/C=C/C(=O)OCC(=O)Nc2ccc(Cl)c(C(F)(F)F)c2)cc1OC. The van der Waals surface area contributed by atoms with Gasteiger partial charge in [0.2, 0.25) is 0 Å². The number of halogens is 4. The molecule has 0 saturated heterocycles. The van der Waals surface area contributed by atoms with E-state index in [0.717, 1.165) is 12.1 Å². The first-order valence-corrected chi connectivity index (χ1v) is 8.75. The van der Waals surface area contributed by atoms with Crippen LogP contribution in [-0.2, 0) is 20.5 Å². The number of alkyl halides is 3. The van der Waals surface area contributed by atoms with E-state index in [4.69, 9.17) is 25.8 Å². The zero-order valence-electron chi connectivity index (χ0n) is 15.9. The molecule has 0 aromatic heterocycles. The first kappa shape index (κ1) is 23.1. The number of rotatable bonds is 7. The Morgan fingerprint density at radius 1 is 1.07 bits per heavy atom. The van der Waals surface area contributed by atoms with Crippen LogP contribution in [0.2, 0.25) is 5.02 Å². The van der Waals surface area contributed by atoms with Crippen LogP contribution in [-0.4, -0.2) is 32.7 Å². The van der Waals surface area contributed by atoms with Crippen molar-refractivity contribution >= 4 is 35.2 Å². The first-order chi connectivity index (χ1) is 14.1. The predicted molar refractivity (Wildman–Crippen MR) is 105 cm³/mol. The highest BCUT2D eigenvalue weighted by Gasteiger charge is 2.33. The van der Waals surface area contributed by atoms with Gasteiger partial charge in [-0.2, -0.15) is 13.2 Å². The Bertz CT molecular complexity index is 960. The average Bonchev–Trinajstić information content (AvgIpc) is 2.71. The minimum Gasteiger partial charge on any atom is -0.493 e. The molecule has 0 aliphatic carbocycles. The van der Waals surface area contributed by atoms with Crippen molar-refractivity contribution < 1.29 is 37.0 Å². The Morgan fingerprint density at radius 3 is 2.40 bits per heavy atom. The number of hydrogen-bond donors (Lipinski definition) is 1. The van der Waals surface area contributed by atoms with Crippen LogP contribution < -0.4 is 14.8 Å². The van der Waals surface area contributed by atoms with Crippen LogP contribution in [0.25, 0.3) is 6.08 Å². The minimum atomic E-state index is -4.67. The standard InChI is InChI=1S/C20H17ClF3NO5/c1-28-16-7-3-12(9-17(16)29-2)4-8-19(27)30-11-18(26)25-13-5-6-15(21)14(10-13)20(22,23)24/h3-10H,11H2,1-2H3,(H,25,26)/b8-4+. The summed E-state index contributed by atoms with van der Waals surface area (Å²) in [6, 6.07) is 7.87. The number of benzene rings is 2. The van der Waals surface area contributed by atoms with Gasteiger partial charge in [-0.1, -0.05) is 17.7 Å². The molecule has 1 amide bonds. The second-order valence-electron chi connectivity index (χ2n) is 5.80. The predicted octanol–water partition coefficient (Wildman–Crippen LogP) is 4.57. The van der Waals surface area contributed by atoms with E-state index in [-0.39, 0.29) is 5.69 Å². The lowest BCUT2D eigenvalue weighted by Crippen LogP contribution is -2.20. The number of nitrogens with one attached hydrogen (secondary N) is 1. The fraction of sp³-hybridized carbons (Fsp3) is 0.200. The van der Waals surface area contributed by atoms with Crippen molar-refractivity contribution in [2.45, 2.75) is 6.18 Å². The second kappa shape index (κ2) is 10.0. The molecule has 0 fully saturated rings. The number of esters is 1. The summed E-state index contributed by atoms with van der Waals surface area (Å²) in [6.45, 7) is -0.681. The van der Waals surface area contributed by atoms with Crippen molar-refractivity contribution in [2.24, 2.45) is 0 Å². The maximum Gasteiger partial charge on any atom is 0.417 e. The van der Waals surface area contributed by atoms with E-state index in [2.05, 4.69) is 5.32 Å². The van der Waals surface area contributed by atoms with Crippen LogP contribution in [0.4, 0.5) is 18.9 Å². The van der Waals surface area contributed by atoms with Crippen molar-refractivity contribution in [3.05, 3.63) is 58.6 Å². The number of anilines is 1. The van der Waals surface area contributed by atoms with Crippen LogP contribution in [0.1, 0.15) is 11.1 Å². The van der Waals surface area contributed by atoms with Crippen LogP contribution in [0.5, 0.6) is 11.5 Å². The van der Waals surface area contributed by atoms with Crippen LogP contribution in [0, 0.1) is 0 Å². The van der Waals surface area contributed by atoms with Gasteiger partial charge >= 0.3 is 12.1 Å². The van der Waals surface area contributed by atoms with E-state index in [9.17, 15) is 22.8 Å². The number of amides is 1. The molecule has 160 valence electrons. The van der Waals surface area contributed by atoms with Crippen molar-refractivity contribution in [1.29, 1.82) is 0 Å². The molecule has 0 aliphatic rings.